The number of benzene rings is 2. The molecule has 6 heteroatoms. The maximum atomic E-state index is 11.0. The van der Waals surface area contributed by atoms with E-state index < -0.39 is 4.92 Å². The number of nitrogens with two attached hydrogens (primary N) is 1. The van der Waals surface area contributed by atoms with Gasteiger partial charge in [-0.25, -0.2) is 9.97 Å². The molecule has 0 radical (unpaired) electrons. The van der Waals surface area contributed by atoms with E-state index in [0.717, 1.165) is 16.8 Å². The first kappa shape index (κ1) is 15.8. The van der Waals surface area contributed by atoms with Crippen LogP contribution in [0.3, 0.4) is 0 Å². The van der Waals surface area contributed by atoms with Crippen LogP contribution in [-0.2, 0) is 6.54 Å². The van der Waals surface area contributed by atoms with Crippen molar-refractivity contribution in [3.8, 4) is 22.6 Å². The van der Waals surface area contributed by atoms with Gasteiger partial charge in [0.15, 0.2) is 5.82 Å². The van der Waals surface area contributed by atoms with E-state index in [1.165, 1.54) is 12.1 Å². The maximum absolute atomic E-state index is 11.0. The zero-order valence-electron chi connectivity index (χ0n) is 13.1. The van der Waals surface area contributed by atoms with Crippen LogP contribution in [0, 0.1) is 17.0 Å². The van der Waals surface area contributed by atoms with Gasteiger partial charge in [-0.3, -0.25) is 10.1 Å². The smallest absolute Gasteiger partial charge is 0.270 e. The fourth-order valence-corrected chi connectivity index (χ4v) is 2.56. The van der Waals surface area contributed by atoms with E-state index in [2.05, 4.69) is 9.97 Å². The molecule has 0 atom stereocenters. The van der Waals surface area contributed by atoms with Gasteiger partial charge in [0.25, 0.3) is 5.69 Å². The molecule has 2 aromatic carbocycles. The topological polar surface area (TPSA) is 94.9 Å². The first-order valence-corrected chi connectivity index (χ1v) is 7.48. The lowest BCUT2D eigenvalue weighted by Gasteiger charge is -2.12. The normalized spacial score (nSPS) is 10.6. The fourth-order valence-electron chi connectivity index (χ4n) is 2.56. The van der Waals surface area contributed by atoms with Crippen molar-refractivity contribution in [3.05, 3.63) is 76.0 Å². The van der Waals surface area contributed by atoms with Crippen LogP contribution in [0.1, 0.15) is 11.3 Å². The Morgan fingerprint density at radius 2 is 1.75 bits per heavy atom. The van der Waals surface area contributed by atoms with Crippen molar-refractivity contribution < 1.29 is 4.92 Å². The molecule has 0 spiro atoms. The second kappa shape index (κ2) is 6.55. The number of non-ortho nitro benzene ring substituents is 1. The Kier molecular flexibility index (Phi) is 4.31. The predicted molar refractivity (Wildman–Crippen MR) is 92.2 cm³/mol. The van der Waals surface area contributed by atoms with Gasteiger partial charge >= 0.3 is 0 Å². The van der Waals surface area contributed by atoms with E-state index in [1.54, 1.807) is 12.1 Å². The first-order valence-electron chi connectivity index (χ1n) is 7.48. The number of rotatable bonds is 4. The zero-order chi connectivity index (χ0) is 17.1. The lowest BCUT2D eigenvalue weighted by atomic mass is 10.0. The van der Waals surface area contributed by atoms with Crippen LogP contribution < -0.4 is 5.73 Å². The molecule has 0 saturated heterocycles. The highest BCUT2D eigenvalue weighted by Crippen LogP contribution is 2.28. The number of hydrogen-bond donors (Lipinski definition) is 1. The highest BCUT2D eigenvalue weighted by Gasteiger charge is 2.15. The van der Waals surface area contributed by atoms with E-state index in [4.69, 9.17) is 5.73 Å². The van der Waals surface area contributed by atoms with Crippen molar-refractivity contribution in [3.63, 3.8) is 0 Å². The molecule has 2 N–H and O–H groups in total. The minimum Gasteiger partial charge on any atom is -0.326 e. The summed E-state index contributed by atoms with van der Waals surface area (Å²) in [6, 6.07) is 16.0. The minimum absolute atomic E-state index is 0.0213. The Morgan fingerprint density at radius 1 is 1.04 bits per heavy atom. The summed E-state index contributed by atoms with van der Waals surface area (Å²) < 4.78 is 0. The van der Waals surface area contributed by atoms with Gasteiger partial charge < -0.3 is 5.73 Å². The summed E-state index contributed by atoms with van der Waals surface area (Å²) in [6.45, 7) is 2.14. The standard InChI is InChI=1S/C18H16N4O2/c1-12-16(11-19)17(14-8-5-9-15(10-14)22(23)24)21-18(20-12)13-6-3-2-4-7-13/h2-10H,11,19H2,1H3. The molecule has 120 valence electrons. The summed E-state index contributed by atoms with van der Waals surface area (Å²) in [7, 11) is 0. The van der Waals surface area contributed by atoms with Crippen molar-refractivity contribution in [1.29, 1.82) is 0 Å². The summed E-state index contributed by atoms with van der Waals surface area (Å²) in [5.74, 6) is 0.576. The van der Waals surface area contributed by atoms with Gasteiger partial charge in [-0.1, -0.05) is 42.5 Å². The number of nitro groups is 1. The third-order valence-corrected chi connectivity index (χ3v) is 3.78. The van der Waals surface area contributed by atoms with E-state index in [9.17, 15) is 10.1 Å². The van der Waals surface area contributed by atoms with E-state index >= 15 is 0 Å². The Bertz CT molecular complexity index is 895. The molecule has 1 heterocycles. The van der Waals surface area contributed by atoms with Crippen molar-refractivity contribution in [2.24, 2.45) is 5.73 Å². The molecule has 6 nitrogen and oxygen atoms in total. The molecular weight excluding hydrogens is 304 g/mol. The SMILES string of the molecule is Cc1nc(-c2ccccc2)nc(-c2cccc([N+](=O)[O-])c2)c1CN. The van der Waals surface area contributed by atoms with Crippen molar-refractivity contribution in [1.82, 2.24) is 9.97 Å². The quantitative estimate of drug-likeness (QED) is 0.586. The van der Waals surface area contributed by atoms with Gasteiger partial charge in [-0.05, 0) is 6.92 Å². The Labute approximate surface area is 139 Å². The minimum atomic E-state index is -0.419. The number of nitrogens with zero attached hydrogens (tertiary/aromatic N) is 3. The first-order chi connectivity index (χ1) is 11.6. The highest BCUT2D eigenvalue weighted by atomic mass is 16.6. The van der Waals surface area contributed by atoms with Gasteiger partial charge in [-0.15, -0.1) is 0 Å². The van der Waals surface area contributed by atoms with Crippen molar-refractivity contribution in [2.45, 2.75) is 13.5 Å². The molecule has 0 saturated carbocycles. The van der Waals surface area contributed by atoms with Crippen LogP contribution in [0.5, 0.6) is 0 Å². The lowest BCUT2D eigenvalue weighted by molar-refractivity contribution is -0.384. The highest BCUT2D eigenvalue weighted by molar-refractivity contribution is 5.69. The van der Waals surface area contributed by atoms with Crippen LogP contribution in [0.2, 0.25) is 0 Å². The summed E-state index contributed by atoms with van der Waals surface area (Å²) in [6.07, 6.45) is 0. The molecule has 0 fully saturated rings. The average molecular weight is 320 g/mol. The molecular formula is C18H16N4O2. The fraction of sp³-hybridized carbons (Fsp3) is 0.111. The summed E-state index contributed by atoms with van der Waals surface area (Å²) in [5, 5.41) is 11.0. The van der Waals surface area contributed by atoms with Crippen LogP contribution in [0.4, 0.5) is 5.69 Å². The molecule has 0 aliphatic rings. The van der Waals surface area contributed by atoms with E-state index in [1.807, 2.05) is 37.3 Å². The van der Waals surface area contributed by atoms with Crippen LogP contribution in [0.15, 0.2) is 54.6 Å². The van der Waals surface area contributed by atoms with Crippen LogP contribution >= 0.6 is 0 Å². The molecule has 24 heavy (non-hydrogen) atoms. The third kappa shape index (κ3) is 3.00. The van der Waals surface area contributed by atoms with Crippen LogP contribution in [-0.4, -0.2) is 14.9 Å². The predicted octanol–water partition coefficient (Wildman–Crippen LogP) is 3.49. The molecule has 0 aliphatic heterocycles. The third-order valence-electron chi connectivity index (χ3n) is 3.78. The molecule has 1 aromatic heterocycles. The van der Waals surface area contributed by atoms with E-state index in [0.29, 0.717) is 17.1 Å². The molecule has 0 amide bonds. The van der Waals surface area contributed by atoms with Gasteiger partial charge in [0, 0.05) is 41.1 Å². The van der Waals surface area contributed by atoms with Crippen molar-refractivity contribution >= 4 is 5.69 Å². The Hall–Kier alpha value is -3.12. The molecule has 3 rings (SSSR count). The monoisotopic (exact) mass is 320 g/mol. The van der Waals surface area contributed by atoms with E-state index in [-0.39, 0.29) is 12.2 Å². The van der Waals surface area contributed by atoms with Crippen molar-refractivity contribution in [2.75, 3.05) is 0 Å². The lowest BCUT2D eigenvalue weighted by Crippen LogP contribution is -2.07. The average Bonchev–Trinajstić information content (AvgIpc) is 2.62. The molecule has 0 aliphatic carbocycles. The Balaban J connectivity index is 2.21. The molecule has 0 bridgehead atoms. The van der Waals surface area contributed by atoms with Gasteiger partial charge in [-0.2, -0.15) is 0 Å². The second-order valence-electron chi connectivity index (χ2n) is 5.34. The largest absolute Gasteiger partial charge is 0.326 e. The number of aryl methyl sites for hydroxylation is 1. The van der Waals surface area contributed by atoms with Gasteiger partial charge in [0.2, 0.25) is 0 Å². The second-order valence-corrected chi connectivity index (χ2v) is 5.34. The number of nitro benzene ring substituents is 1. The summed E-state index contributed by atoms with van der Waals surface area (Å²) in [5.41, 5.74) is 9.62. The zero-order valence-corrected chi connectivity index (χ0v) is 13.1. The summed E-state index contributed by atoms with van der Waals surface area (Å²) >= 11 is 0. The van der Waals surface area contributed by atoms with Gasteiger partial charge in [0.1, 0.15) is 0 Å². The molecule has 3 aromatic rings. The van der Waals surface area contributed by atoms with Gasteiger partial charge in [0.05, 0.1) is 10.6 Å². The number of hydrogen-bond acceptors (Lipinski definition) is 5. The number of aromatic nitrogens is 2. The molecule has 0 unspecified atom stereocenters. The van der Waals surface area contributed by atoms with Crippen LogP contribution in [0.25, 0.3) is 22.6 Å². The maximum Gasteiger partial charge on any atom is 0.270 e. The Morgan fingerprint density at radius 3 is 2.42 bits per heavy atom. The summed E-state index contributed by atoms with van der Waals surface area (Å²) in [4.78, 5) is 19.8.